The number of hydrogen-bond acceptors (Lipinski definition) is 0. The summed E-state index contributed by atoms with van der Waals surface area (Å²) in [5, 5.41) is 0. The maximum absolute atomic E-state index is 2.39. The molecular weight excluding hydrogens is 312 g/mol. The highest BCUT2D eigenvalue weighted by Gasteiger charge is 2.24. The summed E-state index contributed by atoms with van der Waals surface area (Å²) in [5.74, 6) is 0.369. The van der Waals surface area contributed by atoms with Gasteiger partial charge in [0.25, 0.3) is 0 Å². The van der Waals surface area contributed by atoms with Gasteiger partial charge in [0.05, 0.1) is 0 Å². The highest BCUT2D eigenvalue weighted by Crippen LogP contribution is 2.41. The van der Waals surface area contributed by atoms with Gasteiger partial charge in [-0.25, -0.2) is 0 Å². The van der Waals surface area contributed by atoms with Gasteiger partial charge in [0.15, 0.2) is 0 Å². The standard InChI is InChI=1S/C26H32/c1-6-7-9-22-10-8-11-25(22)26(23-14-18(2)12-19(3)15-23)24-16-20(4)13-21(5)17-24/h8,10,12-17,26H,6-7,9,11H2,1-5H3. The largest absolute Gasteiger partial charge is 0.0801 e. The Labute approximate surface area is 159 Å². The maximum atomic E-state index is 2.39. The minimum absolute atomic E-state index is 0.369. The molecule has 136 valence electrons. The molecule has 0 nitrogen and oxygen atoms in total. The van der Waals surface area contributed by atoms with Crippen LogP contribution in [0, 0.1) is 27.7 Å². The summed E-state index contributed by atoms with van der Waals surface area (Å²) in [6.07, 6.45) is 9.55. The molecule has 0 bridgehead atoms. The lowest BCUT2D eigenvalue weighted by molar-refractivity contribution is 0.781. The Bertz CT molecular complexity index is 756. The highest BCUT2D eigenvalue weighted by molar-refractivity contribution is 5.51. The molecule has 0 saturated carbocycles. The zero-order valence-electron chi connectivity index (χ0n) is 17.0. The smallest absolute Gasteiger partial charge is 0.0308 e. The Balaban J connectivity index is 2.16. The van der Waals surface area contributed by atoms with E-state index in [0.29, 0.717) is 5.92 Å². The Hall–Kier alpha value is -2.08. The van der Waals surface area contributed by atoms with Gasteiger partial charge in [-0.2, -0.15) is 0 Å². The second-order valence-electron chi connectivity index (χ2n) is 8.04. The number of aryl methyl sites for hydroxylation is 4. The van der Waals surface area contributed by atoms with Gasteiger partial charge < -0.3 is 0 Å². The van der Waals surface area contributed by atoms with Crippen molar-refractivity contribution in [1.82, 2.24) is 0 Å². The first-order chi connectivity index (χ1) is 12.5. The Morgan fingerprint density at radius 2 is 1.27 bits per heavy atom. The third kappa shape index (κ3) is 4.18. The average molecular weight is 345 g/mol. The summed E-state index contributed by atoms with van der Waals surface area (Å²) in [4.78, 5) is 0. The highest BCUT2D eigenvalue weighted by atomic mass is 14.3. The van der Waals surface area contributed by atoms with Crippen molar-refractivity contribution in [1.29, 1.82) is 0 Å². The van der Waals surface area contributed by atoms with Crippen molar-refractivity contribution >= 4 is 0 Å². The molecule has 0 saturated heterocycles. The molecular formula is C26H32. The van der Waals surface area contributed by atoms with Crippen LogP contribution >= 0.6 is 0 Å². The van der Waals surface area contributed by atoms with E-state index >= 15 is 0 Å². The second-order valence-corrected chi connectivity index (χ2v) is 8.04. The van der Waals surface area contributed by atoms with Gasteiger partial charge in [0, 0.05) is 5.92 Å². The molecule has 3 rings (SSSR count). The molecule has 0 N–H and O–H groups in total. The molecule has 0 heterocycles. The van der Waals surface area contributed by atoms with Crippen molar-refractivity contribution < 1.29 is 0 Å². The molecule has 0 fully saturated rings. The van der Waals surface area contributed by atoms with E-state index in [9.17, 15) is 0 Å². The lowest BCUT2D eigenvalue weighted by atomic mass is 9.80. The summed E-state index contributed by atoms with van der Waals surface area (Å²) in [7, 11) is 0. The minimum atomic E-state index is 0.369. The normalized spacial score (nSPS) is 13.9. The summed E-state index contributed by atoms with van der Waals surface area (Å²) in [6, 6.07) is 14.1. The zero-order chi connectivity index (χ0) is 18.7. The van der Waals surface area contributed by atoms with Crippen molar-refractivity contribution in [3.05, 3.63) is 93.1 Å². The van der Waals surface area contributed by atoms with Gasteiger partial charge in [-0.05, 0) is 63.7 Å². The van der Waals surface area contributed by atoms with Crippen molar-refractivity contribution in [3.8, 4) is 0 Å². The molecule has 2 aromatic carbocycles. The van der Waals surface area contributed by atoms with E-state index < -0.39 is 0 Å². The molecule has 0 radical (unpaired) electrons. The molecule has 0 amide bonds. The SMILES string of the molecule is CCCCC1=C(C(c2cc(C)cc(C)c2)c2cc(C)cc(C)c2)CC=C1. The van der Waals surface area contributed by atoms with Gasteiger partial charge in [0.2, 0.25) is 0 Å². The van der Waals surface area contributed by atoms with Crippen LogP contribution in [-0.4, -0.2) is 0 Å². The van der Waals surface area contributed by atoms with Gasteiger partial charge in [-0.15, -0.1) is 0 Å². The molecule has 0 unspecified atom stereocenters. The monoisotopic (exact) mass is 344 g/mol. The predicted octanol–water partition coefficient (Wildman–Crippen LogP) is 7.50. The van der Waals surface area contributed by atoms with E-state index in [4.69, 9.17) is 0 Å². The van der Waals surface area contributed by atoms with Crippen LogP contribution < -0.4 is 0 Å². The summed E-state index contributed by atoms with van der Waals surface area (Å²) < 4.78 is 0. The van der Waals surface area contributed by atoms with E-state index in [-0.39, 0.29) is 0 Å². The quantitative estimate of drug-likeness (QED) is 0.509. The molecule has 0 aromatic heterocycles. The number of benzene rings is 2. The summed E-state index contributed by atoms with van der Waals surface area (Å²) in [5.41, 5.74) is 11.5. The molecule has 1 aliphatic carbocycles. The van der Waals surface area contributed by atoms with Crippen molar-refractivity contribution in [2.24, 2.45) is 0 Å². The summed E-state index contributed by atoms with van der Waals surface area (Å²) >= 11 is 0. The maximum Gasteiger partial charge on any atom is 0.0308 e. The van der Waals surface area contributed by atoms with E-state index in [1.165, 1.54) is 52.6 Å². The molecule has 1 aliphatic rings. The first-order valence-electron chi connectivity index (χ1n) is 10.0. The molecule has 0 heteroatoms. The van der Waals surface area contributed by atoms with Gasteiger partial charge in [-0.3, -0.25) is 0 Å². The molecule has 2 aromatic rings. The van der Waals surface area contributed by atoms with Gasteiger partial charge >= 0.3 is 0 Å². The van der Waals surface area contributed by atoms with Gasteiger partial charge in [0.1, 0.15) is 0 Å². The molecule has 26 heavy (non-hydrogen) atoms. The molecule has 0 spiro atoms. The van der Waals surface area contributed by atoms with Crippen LogP contribution in [0.15, 0.2) is 59.7 Å². The first-order valence-corrected chi connectivity index (χ1v) is 10.0. The third-order valence-electron chi connectivity index (χ3n) is 5.37. The fraction of sp³-hybridized carbons (Fsp3) is 0.385. The Morgan fingerprint density at radius 1 is 0.769 bits per heavy atom. The van der Waals surface area contributed by atoms with Crippen LogP contribution in [0.1, 0.15) is 71.9 Å². The van der Waals surface area contributed by atoms with E-state index in [2.05, 4.69) is 83.2 Å². The Kier molecular flexibility index (Phi) is 5.81. The minimum Gasteiger partial charge on any atom is -0.0801 e. The number of allylic oxidation sites excluding steroid dienone is 4. The lowest BCUT2D eigenvalue weighted by Gasteiger charge is -2.24. The average Bonchev–Trinajstić information content (AvgIpc) is 2.99. The zero-order valence-corrected chi connectivity index (χ0v) is 17.0. The van der Waals surface area contributed by atoms with Crippen LogP contribution in [0.2, 0.25) is 0 Å². The van der Waals surface area contributed by atoms with Crippen LogP contribution in [-0.2, 0) is 0 Å². The van der Waals surface area contributed by atoms with E-state index in [1.807, 2.05) is 0 Å². The first kappa shape index (κ1) is 18.7. The van der Waals surface area contributed by atoms with Crippen LogP contribution in [0.3, 0.4) is 0 Å². The van der Waals surface area contributed by atoms with E-state index in [0.717, 1.165) is 6.42 Å². The van der Waals surface area contributed by atoms with Crippen LogP contribution in [0.4, 0.5) is 0 Å². The fourth-order valence-corrected chi connectivity index (χ4v) is 4.43. The van der Waals surface area contributed by atoms with Crippen molar-refractivity contribution in [2.75, 3.05) is 0 Å². The van der Waals surface area contributed by atoms with E-state index in [1.54, 1.807) is 11.1 Å². The molecule has 0 atom stereocenters. The number of rotatable bonds is 6. The number of hydrogen-bond donors (Lipinski definition) is 0. The molecule has 0 aliphatic heterocycles. The predicted molar refractivity (Wildman–Crippen MR) is 114 cm³/mol. The van der Waals surface area contributed by atoms with Gasteiger partial charge in [-0.1, -0.05) is 89.7 Å². The van der Waals surface area contributed by atoms with Crippen molar-refractivity contribution in [3.63, 3.8) is 0 Å². The summed E-state index contributed by atoms with van der Waals surface area (Å²) in [6.45, 7) is 11.1. The third-order valence-corrected chi connectivity index (χ3v) is 5.37. The topological polar surface area (TPSA) is 0 Å². The number of unbranched alkanes of at least 4 members (excludes halogenated alkanes) is 1. The fourth-order valence-electron chi connectivity index (χ4n) is 4.43. The van der Waals surface area contributed by atoms with Crippen LogP contribution in [0.25, 0.3) is 0 Å². The lowest BCUT2D eigenvalue weighted by Crippen LogP contribution is -2.07. The Morgan fingerprint density at radius 3 is 1.73 bits per heavy atom. The van der Waals surface area contributed by atoms with Crippen LogP contribution in [0.5, 0.6) is 0 Å². The van der Waals surface area contributed by atoms with Crippen molar-refractivity contribution in [2.45, 2.75) is 66.2 Å². The second kappa shape index (κ2) is 8.08.